The molecule has 98 valence electrons. The highest BCUT2D eigenvalue weighted by atomic mass is 16.2. The van der Waals surface area contributed by atoms with Crippen LogP contribution < -0.4 is 10.9 Å². The molecule has 5 nitrogen and oxygen atoms in total. The van der Waals surface area contributed by atoms with Gasteiger partial charge in [0.15, 0.2) is 0 Å². The molecule has 1 amide bonds. The van der Waals surface area contributed by atoms with E-state index in [0.29, 0.717) is 18.7 Å². The third-order valence-corrected chi connectivity index (χ3v) is 2.82. The maximum absolute atomic E-state index is 12.3. The number of rotatable bonds is 4. The van der Waals surface area contributed by atoms with Gasteiger partial charge in [-0.2, -0.15) is 0 Å². The summed E-state index contributed by atoms with van der Waals surface area (Å²) in [6.07, 6.45) is 3.20. The lowest BCUT2D eigenvalue weighted by Crippen LogP contribution is -2.33. The number of carbonyl (C=O) groups is 1. The number of fused-ring (bicyclic) bond motifs is 1. The summed E-state index contributed by atoms with van der Waals surface area (Å²) < 4.78 is 1.50. The third-order valence-electron chi connectivity index (χ3n) is 2.82. The average Bonchev–Trinajstić information content (AvgIpc) is 2.44. The first-order chi connectivity index (χ1) is 9.19. The molecule has 0 bridgehead atoms. The molecule has 19 heavy (non-hydrogen) atoms. The summed E-state index contributed by atoms with van der Waals surface area (Å²) in [5.41, 5.74) is 0.398. The summed E-state index contributed by atoms with van der Waals surface area (Å²) in [6.45, 7) is 6.17. The van der Waals surface area contributed by atoms with Crippen LogP contribution in [0.1, 0.15) is 17.3 Å². The third kappa shape index (κ3) is 2.40. The van der Waals surface area contributed by atoms with E-state index >= 15 is 0 Å². The maximum atomic E-state index is 12.3. The summed E-state index contributed by atoms with van der Waals surface area (Å²) >= 11 is 0. The van der Waals surface area contributed by atoms with Gasteiger partial charge in [0, 0.05) is 24.7 Å². The number of nitrogens with zero attached hydrogens (tertiary/aromatic N) is 2. The molecule has 0 aliphatic rings. The summed E-state index contributed by atoms with van der Waals surface area (Å²) in [7, 11) is 0. The van der Waals surface area contributed by atoms with Gasteiger partial charge in [0.25, 0.3) is 11.5 Å². The zero-order valence-electron chi connectivity index (χ0n) is 10.7. The molecule has 0 saturated carbocycles. The van der Waals surface area contributed by atoms with Gasteiger partial charge in [-0.1, -0.05) is 6.08 Å². The minimum Gasteiger partial charge on any atom is -0.348 e. The normalized spacial score (nSPS) is 10.4. The Kier molecular flexibility index (Phi) is 3.75. The van der Waals surface area contributed by atoms with Crippen molar-refractivity contribution in [1.82, 2.24) is 14.9 Å². The fourth-order valence-corrected chi connectivity index (χ4v) is 1.92. The van der Waals surface area contributed by atoms with E-state index in [2.05, 4.69) is 16.9 Å². The molecule has 2 aromatic heterocycles. The van der Waals surface area contributed by atoms with E-state index < -0.39 is 5.91 Å². The molecule has 2 heterocycles. The van der Waals surface area contributed by atoms with Crippen molar-refractivity contribution in [2.24, 2.45) is 0 Å². The van der Waals surface area contributed by atoms with E-state index in [-0.39, 0.29) is 11.1 Å². The SMILES string of the molecule is C=CCNC(=O)c1cc2cccnc2n(CC)c1=O. The average molecular weight is 257 g/mol. The Morgan fingerprint density at radius 1 is 1.58 bits per heavy atom. The van der Waals surface area contributed by atoms with Crippen LogP contribution in [0.5, 0.6) is 0 Å². The van der Waals surface area contributed by atoms with Gasteiger partial charge in [-0.15, -0.1) is 6.58 Å². The van der Waals surface area contributed by atoms with Crippen LogP contribution in [-0.4, -0.2) is 22.0 Å². The number of pyridine rings is 2. The highest BCUT2D eigenvalue weighted by Crippen LogP contribution is 2.10. The predicted molar refractivity (Wildman–Crippen MR) is 74.2 cm³/mol. The van der Waals surface area contributed by atoms with Crippen LogP contribution in [0.4, 0.5) is 0 Å². The maximum Gasteiger partial charge on any atom is 0.265 e. The minimum absolute atomic E-state index is 0.129. The van der Waals surface area contributed by atoms with E-state index in [1.54, 1.807) is 24.4 Å². The quantitative estimate of drug-likeness (QED) is 0.840. The number of hydrogen-bond donors (Lipinski definition) is 1. The first-order valence-electron chi connectivity index (χ1n) is 6.06. The Bertz CT molecular complexity index is 689. The first-order valence-corrected chi connectivity index (χ1v) is 6.06. The van der Waals surface area contributed by atoms with Crippen molar-refractivity contribution in [1.29, 1.82) is 0 Å². The molecule has 1 N–H and O–H groups in total. The number of amides is 1. The molecule has 0 unspecified atom stereocenters. The topological polar surface area (TPSA) is 64.0 Å². The van der Waals surface area contributed by atoms with E-state index in [1.165, 1.54) is 4.57 Å². The van der Waals surface area contributed by atoms with Crippen LogP contribution >= 0.6 is 0 Å². The molecule has 0 aromatic carbocycles. The Hall–Kier alpha value is -2.43. The number of aryl methyl sites for hydroxylation is 1. The summed E-state index contributed by atoms with van der Waals surface area (Å²) in [4.78, 5) is 28.4. The van der Waals surface area contributed by atoms with Crippen molar-refractivity contribution < 1.29 is 4.79 Å². The molecule has 0 spiro atoms. The zero-order valence-corrected chi connectivity index (χ0v) is 10.7. The fourth-order valence-electron chi connectivity index (χ4n) is 1.92. The monoisotopic (exact) mass is 257 g/mol. The lowest BCUT2D eigenvalue weighted by Gasteiger charge is -2.09. The molecular weight excluding hydrogens is 242 g/mol. The molecular formula is C14H15N3O2. The number of carbonyl (C=O) groups excluding carboxylic acids is 1. The highest BCUT2D eigenvalue weighted by molar-refractivity contribution is 5.96. The summed E-state index contributed by atoms with van der Waals surface area (Å²) in [5.74, 6) is -0.391. The number of aromatic nitrogens is 2. The van der Waals surface area contributed by atoms with Crippen molar-refractivity contribution >= 4 is 16.9 Å². The Balaban J connectivity index is 2.62. The van der Waals surface area contributed by atoms with Gasteiger partial charge in [-0.3, -0.25) is 14.2 Å². The molecule has 0 atom stereocenters. The van der Waals surface area contributed by atoms with Gasteiger partial charge in [0.05, 0.1) is 0 Å². The van der Waals surface area contributed by atoms with Crippen LogP contribution in [0.3, 0.4) is 0 Å². The van der Waals surface area contributed by atoms with Crippen molar-refractivity contribution in [3.63, 3.8) is 0 Å². The van der Waals surface area contributed by atoms with E-state index in [4.69, 9.17) is 0 Å². The van der Waals surface area contributed by atoms with Crippen molar-refractivity contribution in [2.45, 2.75) is 13.5 Å². The van der Waals surface area contributed by atoms with Crippen LogP contribution in [0.2, 0.25) is 0 Å². The number of nitrogens with one attached hydrogen (secondary N) is 1. The van der Waals surface area contributed by atoms with E-state index in [1.807, 2.05) is 13.0 Å². The standard InChI is InChI=1S/C14H15N3O2/c1-3-7-16-13(18)11-9-10-6-5-8-15-12(10)17(4-2)14(11)19/h3,5-6,8-9H,1,4,7H2,2H3,(H,16,18). The largest absolute Gasteiger partial charge is 0.348 e. The Morgan fingerprint density at radius 3 is 3.05 bits per heavy atom. The smallest absolute Gasteiger partial charge is 0.265 e. The molecule has 5 heteroatoms. The van der Waals surface area contributed by atoms with Gasteiger partial charge in [0.1, 0.15) is 11.2 Å². The van der Waals surface area contributed by atoms with Gasteiger partial charge in [-0.25, -0.2) is 4.98 Å². The van der Waals surface area contributed by atoms with Crippen molar-refractivity contribution in [2.75, 3.05) is 6.54 Å². The Morgan fingerprint density at radius 2 is 2.37 bits per heavy atom. The number of hydrogen-bond acceptors (Lipinski definition) is 3. The van der Waals surface area contributed by atoms with Crippen LogP contribution in [0, 0.1) is 0 Å². The molecule has 0 saturated heterocycles. The molecule has 2 rings (SSSR count). The van der Waals surface area contributed by atoms with Crippen molar-refractivity contribution in [3.05, 3.63) is 53.0 Å². The minimum atomic E-state index is -0.391. The summed E-state index contributed by atoms with van der Waals surface area (Å²) in [6, 6.07) is 5.19. The van der Waals surface area contributed by atoms with Crippen LogP contribution in [0.15, 0.2) is 41.8 Å². The highest BCUT2D eigenvalue weighted by Gasteiger charge is 2.14. The van der Waals surface area contributed by atoms with Crippen LogP contribution in [0.25, 0.3) is 11.0 Å². The summed E-state index contributed by atoms with van der Waals surface area (Å²) in [5, 5.41) is 3.39. The first kappa shape index (κ1) is 13.0. The lowest BCUT2D eigenvalue weighted by molar-refractivity contribution is 0.0956. The van der Waals surface area contributed by atoms with Crippen LogP contribution in [-0.2, 0) is 6.54 Å². The molecule has 0 radical (unpaired) electrons. The molecule has 0 aliphatic carbocycles. The van der Waals surface area contributed by atoms with Gasteiger partial charge in [0.2, 0.25) is 0 Å². The van der Waals surface area contributed by atoms with E-state index in [0.717, 1.165) is 5.39 Å². The Labute approximate surface area is 110 Å². The van der Waals surface area contributed by atoms with Gasteiger partial charge < -0.3 is 5.32 Å². The molecule has 0 aliphatic heterocycles. The second kappa shape index (κ2) is 5.48. The van der Waals surface area contributed by atoms with E-state index in [9.17, 15) is 9.59 Å². The second-order valence-corrected chi connectivity index (χ2v) is 4.02. The zero-order chi connectivity index (χ0) is 13.8. The van der Waals surface area contributed by atoms with Gasteiger partial charge >= 0.3 is 0 Å². The van der Waals surface area contributed by atoms with Gasteiger partial charge in [-0.05, 0) is 25.1 Å². The van der Waals surface area contributed by atoms with Crippen molar-refractivity contribution in [3.8, 4) is 0 Å². The predicted octanol–water partition coefficient (Wildman–Crippen LogP) is 1.33. The second-order valence-electron chi connectivity index (χ2n) is 4.02. The fraction of sp³-hybridized carbons (Fsp3) is 0.214. The molecule has 0 fully saturated rings. The molecule has 2 aromatic rings. The lowest BCUT2D eigenvalue weighted by atomic mass is 10.2.